The van der Waals surface area contributed by atoms with Crippen molar-refractivity contribution in [3.05, 3.63) is 45.2 Å². The Morgan fingerprint density at radius 3 is 2.09 bits per heavy atom. The molecule has 0 spiro atoms. The SMILES string of the molecule is N#Cc1cn(-c2c(Cl)cc(Cl)cc2Cl)cc1S(=O)(=O)C(F)(Cl)Cl. The predicted molar refractivity (Wildman–Crippen MR) is 88.2 cm³/mol. The van der Waals surface area contributed by atoms with Crippen LogP contribution in [0.1, 0.15) is 5.56 Å². The molecule has 2 rings (SSSR count). The molecule has 1 heterocycles. The monoisotopic (exact) mass is 434 g/mol. The molecule has 0 atom stereocenters. The zero-order valence-corrected chi connectivity index (χ0v) is 15.3. The second-order valence-electron chi connectivity index (χ2n) is 4.22. The van der Waals surface area contributed by atoms with Crippen LogP contribution in [0.2, 0.25) is 15.1 Å². The lowest BCUT2D eigenvalue weighted by atomic mass is 10.3. The maximum absolute atomic E-state index is 13.5. The third-order valence-corrected chi connectivity index (χ3v) is 6.27. The van der Waals surface area contributed by atoms with Gasteiger partial charge < -0.3 is 4.57 Å². The van der Waals surface area contributed by atoms with E-state index in [2.05, 4.69) is 0 Å². The van der Waals surface area contributed by atoms with Gasteiger partial charge in [0.25, 0.3) is 0 Å². The fourth-order valence-corrected chi connectivity index (χ4v) is 4.17. The summed E-state index contributed by atoms with van der Waals surface area (Å²) in [6.07, 6.45) is 2.04. The number of benzene rings is 1. The first kappa shape index (κ1) is 18.7. The average molecular weight is 437 g/mol. The smallest absolute Gasteiger partial charge is 0.318 e. The van der Waals surface area contributed by atoms with Gasteiger partial charge >= 0.3 is 3.92 Å². The molecule has 0 aliphatic heterocycles. The molecule has 0 fully saturated rings. The molecule has 0 N–H and O–H groups in total. The minimum absolute atomic E-state index is 0.0918. The number of rotatable bonds is 3. The lowest BCUT2D eigenvalue weighted by Gasteiger charge is -2.10. The summed E-state index contributed by atoms with van der Waals surface area (Å²) in [4.78, 5) is -0.699. The summed E-state index contributed by atoms with van der Waals surface area (Å²) in [5.41, 5.74) is -0.223. The van der Waals surface area contributed by atoms with Gasteiger partial charge in [-0.3, -0.25) is 0 Å². The van der Waals surface area contributed by atoms with Crippen LogP contribution in [0.5, 0.6) is 0 Å². The number of nitriles is 1. The minimum Gasteiger partial charge on any atom is -0.318 e. The highest BCUT2D eigenvalue weighted by Crippen LogP contribution is 2.39. The molecule has 1 aromatic carbocycles. The Morgan fingerprint density at radius 1 is 1.13 bits per heavy atom. The van der Waals surface area contributed by atoms with Gasteiger partial charge in [0.2, 0.25) is 9.84 Å². The van der Waals surface area contributed by atoms with Crippen molar-refractivity contribution >= 4 is 67.8 Å². The third kappa shape index (κ3) is 3.41. The highest BCUT2D eigenvalue weighted by molar-refractivity contribution is 7.95. The summed E-state index contributed by atoms with van der Waals surface area (Å²) < 4.78 is 35.1. The number of aromatic nitrogens is 1. The van der Waals surface area contributed by atoms with Crippen molar-refractivity contribution in [2.45, 2.75) is 8.81 Å². The first-order valence-corrected chi connectivity index (χ1v) is 8.94. The van der Waals surface area contributed by atoms with Crippen molar-refractivity contribution in [2.24, 2.45) is 0 Å². The number of halogens is 6. The van der Waals surface area contributed by atoms with E-state index < -0.39 is 18.7 Å². The molecular weight excluding hydrogens is 432 g/mol. The predicted octanol–water partition coefficient (Wildman–Crippen LogP) is 5.14. The van der Waals surface area contributed by atoms with Crippen LogP contribution >= 0.6 is 58.0 Å². The Labute approximate surface area is 155 Å². The molecule has 4 nitrogen and oxygen atoms in total. The molecule has 1 aromatic heterocycles. The fraction of sp³-hybridized carbons (Fsp3) is 0.0833. The molecule has 0 amide bonds. The van der Waals surface area contributed by atoms with E-state index >= 15 is 0 Å². The van der Waals surface area contributed by atoms with E-state index in [0.29, 0.717) is 0 Å². The van der Waals surface area contributed by atoms with Gasteiger partial charge in [-0.25, -0.2) is 8.42 Å². The van der Waals surface area contributed by atoms with Crippen LogP contribution in [0.3, 0.4) is 0 Å². The van der Waals surface area contributed by atoms with E-state index in [1.807, 2.05) is 0 Å². The standard InChI is InChI=1S/C12H4Cl5FN2O2S/c13-7-1-8(14)11(9(15)2-7)20-4-6(3-19)10(5-20)23(21,22)12(16,17)18/h1-2,4-5H. The molecule has 23 heavy (non-hydrogen) atoms. The van der Waals surface area contributed by atoms with Gasteiger partial charge in [0.1, 0.15) is 11.0 Å². The molecule has 0 saturated carbocycles. The second-order valence-corrected chi connectivity index (χ2v) is 9.17. The molecule has 2 aromatic rings. The molecule has 11 heteroatoms. The van der Waals surface area contributed by atoms with E-state index in [1.165, 1.54) is 12.1 Å². The molecule has 0 unspecified atom stereocenters. The number of alkyl halides is 3. The van der Waals surface area contributed by atoms with Gasteiger partial charge in [0.15, 0.2) is 0 Å². The van der Waals surface area contributed by atoms with Crippen molar-refractivity contribution in [1.29, 1.82) is 5.26 Å². The van der Waals surface area contributed by atoms with Crippen molar-refractivity contribution < 1.29 is 12.8 Å². The van der Waals surface area contributed by atoms with E-state index in [0.717, 1.165) is 17.0 Å². The fourth-order valence-electron chi connectivity index (χ4n) is 1.77. The molecule has 0 bridgehead atoms. The van der Waals surface area contributed by atoms with Gasteiger partial charge in [-0.2, -0.15) is 9.65 Å². The highest BCUT2D eigenvalue weighted by atomic mass is 35.5. The van der Waals surface area contributed by atoms with Gasteiger partial charge in [-0.05, 0) is 35.3 Å². The summed E-state index contributed by atoms with van der Waals surface area (Å²) in [6, 6.07) is 4.35. The van der Waals surface area contributed by atoms with E-state index in [1.54, 1.807) is 6.07 Å². The van der Waals surface area contributed by atoms with Crippen LogP contribution in [0, 0.1) is 11.3 Å². The number of hydrogen-bond donors (Lipinski definition) is 0. The van der Waals surface area contributed by atoms with Gasteiger partial charge in [0, 0.05) is 17.4 Å². The third-order valence-electron chi connectivity index (χ3n) is 2.74. The molecule has 0 aliphatic rings. The quantitative estimate of drug-likeness (QED) is 0.626. The van der Waals surface area contributed by atoms with Crippen LogP contribution in [0.4, 0.5) is 4.39 Å². The van der Waals surface area contributed by atoms with Crippen molar-refractivity contribution in [2.75, 3.05) is 0 Å². The van der Waals surface area contributed by atoms with Crippen LogP contribution < -0.4 is 0 Å². The zero-order valence-electron chi connectivity index (χ0n) is 10.7. The average Bonchev–Trinajstić information content (AvgIpc) is 2.80. The molecule has 0 radical (unpaired) electrons. The summed E-state index contributed by atoms with van der Waals surface area (Å²) in [6.45, 7) is 0. The van der Waals surface area contributed by atoms with Crippen LogP contribution in [0.15, 0.2) is 29.4 Å². The Balaban J connectivity index is 2.75. The van der Waals surface area contributed by atoms with Crippen LogP contribution in [0.25, 0.3) is 5.69 Å². The molecule has 0 saturated heterocycles. The van der Waals surface area contributed by atoms with Crippen molar-refractivity contribution in [3.8, 4) is 11.8 Å². The van der Waals surface area contributed by atoms with Crippen molar-refractivity contribution in [3.63, 3.8) is 0 Å². The highest BCUT2D eigenvalue weighted by Gasteiger charge is 2.44. The first-order chi connectivity index (χ1) is 10.5. The van der Waals surface area contributed by atoms with Crippen LogP contribution in [-0.2, 0) is 9.84 Å². The van der Waals surface area contributed by atoms with Crippen LogP contribution in [-0.4, -0.2) is 16.9 Å². The summed E-state index contributed by atoms with van der Waals surface area (Å²) in [7, 11) is -4.83. The summed E-state index contributed by atoms with van der Waals surface area (Å²) in [5, 5.41) is 9.51. The Hall–Kier alpha value is -0.680. The minimum atomic E-state index is -4.83. The Kier molecular flexibility index (Phi) is 5.13. The van der Waals surface area contributed by atoms with E-state index in [9.17, 15) is 12.8 Å². The molecule has 122 valence electrons. The van der Waals surface area contributed by atoms with Gasteiger partial charge in [-0.1, -0.05) is 34.8 Å². The maximum Gasteiger partial charge on any atom is 0.362 e. The molecule has 0 aliphatic carbocycles. The van der Waals surface area contributed by atoms with Gasteiger partial charge in [-0.15, -0.1) is 0 Å². The Morgan fingerprint density at radius 2 is 1.65 bits per heavy atom. The van der Waals surface area contributed by atoms with Gasteiger partial charge in [0.05, 0.1) is 21.3 Å². The maximum atomic E-state index is 13.5. The van der Waals surface area contributed by atoms with E-state index in [-0.39, 0.29) is 26.3 Å². The summed E-state index contributed by atoms with van der Waals surface area (Å²) >= 11 is 28.0. The number of hydrogen-bond acceptors (Lipinski definition) is 3. The zero-order chi connectivity index (χ0) is 17.6. The Bertz CT molecular complexity index is 905. The first-order valence-electron chi connectivity index (χ1n) is 5.57. The normalized spacial score (nSPS) is 12.2. The van der Waals surface area contributed by atoms with E-state index in [4.69, 9.17) is 63.3 Å². The van der Waals surface area contributed by atoms with Crippen molar-refractivity contribution in [1.82, 2.24) is 4.57 Å². The lowest BCUT2D eigenvalue weighted by Crippen LogP contribution is -2.21. The number of nitrogens with zero attached hydrogens (tertiary/aromatic N) is 2. The lowest BCUT2D eigenvalue weighted by molar-refractivity contribution is 0.469. The number of sulfone groups is 1. The summed E-state index contributed by atoms with van der Waals surface area (Å²) in [5.74, 6) is 0. The largest absolute Gasteiger partial charge is 0.362 e. The molecular formula is C12H4Cl5FN2O2S. The second kappa shape index (κ2) is 6.32. The topological polar surface area (TPSA) is 62.9 Å².